The SMILES string of the molecule is O=C(O)C(Br)C1CCN(C(=O)/C=C/c2cc(F)cc(F)c2)CC1. The Morgan fingerprint density at radius 3 is 2.30 bits per heavy atom. The number of likely N-dealkylation sites (tertiary alicyclic amines) is 1. The Bertz CT molecular complexity index is 608. The summed E-state index contributed by atoms with van der Waals surface area (Å²) >= 11 is 3.15. The molecule has 0 saturated carbocycles. The van der Waals surface area contributed by atoms with Crippen molar-refractivity contribution in [2.75, 3.05) is 13.1 Å². The van der Waals surface area contributed by atoms with Gasteiger partial charge in [-0.15, -0.1) is 0 Å². The van der Waals surface area contributed by atoms with E-state index in [1.807, 2.05) is 0 Å². The average molecular weight is 388 g/mol. The highest BCUT2D eigenvalue weighted by Gasteiger charge is 2.30. The van der Waals surface area contributed by atoms with Gasteiger partial charge in [0, 0.05) is 25.2 Å². The standard InChI is InChI=1S/C16H16BrF2NO3/c17-15(16(22)23)11-3-5-20(6-4-11)14(21)2-1-10-7-12(18)9-13(19)8-10/h1-2,7-9,11,15H,3-6H2,(H,22,23)/b2-1+. The monoisotopic (exact) mass is 387 g/mol. The lowest BCUT2D eigenvalue weighted by atomic mass is 9.93. The van der Waals surface area contributed by atoms with Crippen LogP contribution in [-0.4, -0.2) is 39.8 Å². The van der Waals surface area contributed by atoms with Gasteiger partial charge in [-0.2, -0.15) is 0 Å². The highest BCUT2D eigenvalue weighted by Crippen LogP contribution is 2.25. The highest BCUT2D eigenvalue weighted by molar-refractivity contribution is 9.10. The molecule has 2 rings (SSSR count). The number of hydrogen-bond acceptors (Lipinski definition) is 2. The zero-order chi connectivity index (χ0) is 17.0. The van der Waals surface area contributed by atoms with E-state index in [9.17, 15) is 18.4 Å². The normalized spacial score (nSPS) is 17.4. The molecule has 1 aliphatic rings. The molecule has 4 nitrogen and oxygen atoms in total. The third-order valence-electron chi connectivity index (χ3n) is 3.80. The molecule has 7 heteroatoms. The Kier molecular flexibility index (Phi) is 5.87. The molecule has 0 spiro atoms. The summed E-state index contributed by atoms with van der Waals surface area (Å²) in [5.41, 5.74) is 0.275. The second-order valence-electron chi connectivity index (χ2n) is 5.44. The third kappa shape index (κ3) is 4.86. The van der Waals surface area contributed by atoms with E-state index in [2.05, 4.69) is 15.9 Å². The first kappa shape index (κ1) is 17.6. The lowest BCUT2D eigenvalue weighted by molar-refractivity contribution is -0.137. The van der Waals surface area contributed by atoms with E-state index in [1.165, 1.54) is 12.2 Å². The van der Waals surface area contributed by atoms with Gasteiger partial charge in [-0.25, -0.2) is 8.78 Å². The summed E-state index contributed by atoms with van der Waals surface area (Å²) in [4.78, 5) is 24.0. The number of benzene rings is 1. The minimum Gasteiger partial charge on any atom is -0.480 e. The van der Waals surface area contributed by atoms with Crippen LogP contribution in [0.25, 0.3) is 6.08 Å². The predicted molar refractivity (Wildman–Crippen MR) is 85.0 cm³/mol. The quantitative estimate of drug-likeness (QED) is 0.637. The number of hydrogen-bond donors (Lipinski definition) is 1. The molecule has 1 amide bonds. The number of nitrogens with zero attached hydrogens (tertiary/aromatic N) is 1. The molecule has 124 valence electrons. The van der Waals surface area contributed by atoms with Gasteiger partial charge in [0.15, 0.2) is 0 Å². The lowest BCUT2D eigenvalue weighted by Gasteiger charge is -2.32. The second kappa shape index (κ2) is 7.68. The van der Waals surface area contributed by atoms with Crippen molar-refractivity contribution in [2.24, 2.45) is 5.92 Å². The summed E-state index contributed by atoms with van der Waals surface area (Å²) in [6.07, 6.45) is 3.83. The van der Waals surface area contributed by atoms with Crippen LogP contribution in [0, 0.1) is 17.6 Å². The fraction of sp³-hybridized carbons (Fsp3) is 0.375. The number of carboxylic acids is 1. The van der Waals surface area contributed by atoms with Crippen LogP contribution in [0.5, 0.6) is 0 Å². The minimum atomic E-state index is -0.900. The van der Waals surface area contributed by atoms with Crippen LogP contribution in [0.4, 0.5) is 8.78 Å². The van der Waals surface area contributed by atoms with Crippen LogP contribution in [0.15, 0.2) is 24.3 Å². The molecule has 1 N–H and O–H groups in total. The molecule has 1 fully saturated rings. The van der Waals surface area contributed by atoms with E-state index in [0.717, 1.165) is 18.2 Å². The van der Waals surface area contributed by atoms with Crippen molar-refractivity contribution >= 4 is 33.9 Å². The number of aliphatic carboxylic acids is 1. The fourth-order valence-electron chi connectivity index (χ4n) is 2.56. The molecular weight excluding hydrogens is 372 g/mol. The summed E-state index contributed by atoms with van der Waals surface area (Å²) in [6, 6.07) is 3.05. The Morgan fingerprint density at radius 1 is 1.22 bits per heavy atom. The molecule has 1 atom stereocenters. The van der Waals surface area contributed by atoms with Crippen LogP contribution in [0.1, 0.15) is 18.4 Å². The molecule has 1 aromatic carbocycles. The number of rotatable bonds is 4. The maximum Gasteiger partial charge on any atom is 0.317 e. The number of amides is 1. The smallest absolute Gasteiger partial charge is 0.317 e. The first-order valence-corrected chi connectivity index (χ1v) is 8.08. The third-order valence-corrected chi connectivity index (χ3v) is 4.94. The average Bonchev–Trinajstić information content (AvgIpc) is 2.51. The van der Waals surface area contributed by atoms with E-state index < -0.39 is 22.4 Å². The largest absolute Gasteiger partial charge is 0.480 e. The summed E-state index contributed by atoms with van der Waals surface area (Å²) in [6.45, 7) is 0.918. The molecule has 1 heterocycles. The number of carbonyl (C=O) groups excluding carboxylic acids is 1. The molecule has 1 unspecified atom stereocenters. The number of carboxylic acid groups (broad SMARTS) is 1. The van der Waals surface area contributed by atoms with Crippen molar-refractivity contribution in [1.82, 2.24) is 4.90 Å². The maximum atomic E-state index is 13.1. The van der Waals surface area contributed by atoms with Crippen molar-refractivity contribution in [3.8, 4) is 0 Å². The molecule has 0 radical (unpaired) electrons. The van der Waals surface area contributed by atoms with Crippen molar-refractivity contribution < 1.29 is 23.5 Å². The van der Waals surface area contributed by atoms with Gasteiger partial charge >= 0.3 is 5.97 Å². The second-order valence-corrected chi connectivity index (χ2v) is 6.43. The van der Waals surface area contributed by atoms with Gasteiger partial charge < -0.3 is 10.0 Å². The van der Waals surface area contributed by atoms with Gasteiger partial charge in [-0.05, 0) is 42.5 Å². The summed E-state index contributed by atoms with van der Waals surface area (Å²) in [7, 11) is 0. The van der Waals surface area contributed by atoms with E-state index in [0.29, 0.717) is 25.9 Å². The Hall–Kier alpha value is -1.76. The zero-order valence-electron chi connectivity index (χ0n) is 12.2. The van der Waals surface area contributed by atoms with Crippen molar-refractivity contribution in [3.63, 3.8) is 0 Å². The van der Waals surface area contributed by atoms with Crippen molar-refractivity contribution in [3.05, 3.63) is 41.5 Å². The summed E-state index contributed by atoms with van der Waals surface area (Å²) < 4.78 is 26.1. The molecule has 23 heavy (non-hydrogen) atoms. The number of alkyl halides is 1. The van der Waals surface area contributed by atoms with Crippen LogP contribution >= 0.6 is 15.9 Å². The van der Waals surface area contributed by atoms with E-state index in [4.69, 9.17) is 5.11 Å². The van der Waals surface area contributed by atoms with Gasteiger partial charge in [-0.1, -0.05) is 15.9 Å². The summed E-state index contributed by atoms with van der Waals surface area (Å²) in [5, 5.41) is 8.96. The highest BCUT2D eigenvalue weighted by atomic mass is 79.9. The minimum absolute atomic E-state index is 0.0159. The van der Waals surface area contributed by atoms with E-state index in [1.54, 1.807) is 4.90 Å². The molecule has 0 aromatic heterocycles. The van der Waals surface area contributed by atoms with Crippen LogP contribution in [0.2, 0.25) is 0 Å². The van der Waals surface area contributed by atoms with E-state index >= 15 is 0 Å². The summed E-state index contributed by atoms with van der Waals surface area (Å²) in [5.74, 6) is -2.57. The maximum absolute atomic E-state index is 13.1. The Balaban J connectivity index is 1.92. The molecule has 0 bridgehead atoms. The number of piperidine rings is 1. The zero-order valence-corrected chi connectivity index (χ0v) is 13.8. The molecule has 1 saturated heterocycles. The van der Waals surface area contributed by atoms with Crippen LogP contribution in [-0.2, 0) is 9.59 Å². The van der Waals surface area contributed by atoms with Gasteiger partial charge in [-0.3, -0.25) is 9.59 Å². The first-order valence-electron chi connectivity index (χ1n) is 7.17. The number of halogens is 3. The van der Waals surface area contributed by atoms with Gasteiger partial charge in [0.25, 0.3) is 0 Å². The lowest BCUT2D eigenvalue weighted by Crippen LogP contribution is -2.40. The molecular formula is C16H16BrF2NO3. The molecule has 1 aliphatic heterocycles. The van der Waals surface area contributed by atoms with Crippen molar-refractivity contribution in [1.29, 1.82) is 0 Å². The molecule has 0 aliphatic carbocycles. The fourth-order valence-corrected chi connectivity index (χ4v) is 3.09. The molecule has 1 aromatic rings. The van der Waals surface area contributed by atoms with Gasteiger partial charge in [0.1, 0.15) is 16.5 Å². The first-order chi connectivity index (χ1) is 10.9. The predicted octanol–water partition coefficient (Wildman–Crippen LogP) is 3.06. The van der Waals surface area contributed by atoms with Crippen LogP contribution in [0.3, 0.4) is 0 Å². The van der Waals surface area contributed by atoms with Crippen LogP contribution < -0.4 is 0 Å². The number of carbonyl (C=O) groups is 2. The topological polar surface area (TPSA) is 57.6 Å². The van der Waals surface area contributed by atoms with Gasteiger partial charge in [0.05, 0.1) is 0 Å². The Morgan fingerprint density at radius 2 is 1.78 bits per heavy atom. The van der Waals surface area contributed by atoms with Crippen molar-refractivity contribution in [2.45, 2.75) is 17.7 Å². The van der Waals surface area contributed by atoms with Gasteiger partial charge in [0.2, 0.25) is 5.91 Å². The Labute approximate surface area is 140 Å². The van der Waals surface area contributed by atoms with E-state index in [-0.39, 0.29) is 17.4 Å².